The average Bonchev–Trinajstić information content (AvgIpc) is 2.89. The van der Waals surface area contributed by atoms with E-state index in [1.807, 2.05) is 38.1 Å². The van der Waals surface area contributed by atoms with E-state index in [-0.39, 0.29) is 29.2 Å². The van der Waals surface area contributed by atoms with Crippen LogP contribution in [0.4, 0.5) is 5.69 Å². The summed E-state index contributed by atoms with van der Waals surface area (Å²) in [6, 6.07) is 9.22. The number of nitrogens with one attached hydrogen (secondary N) is 1. The van der Waals surface area contributed by atoms with Crippen LogP contribution in [0.15, 0.2) is 35.1 Å². The molecule has 5 nitrogen and oxygen atoms in total. The van der Waals surface area contributed by atoms with Gasteiger partial charge in [0.25, 0.3) is 11.5 Å². The summed E-state index contributed by atoms with van der Waals surface area (Å²) >= 11 is 0. The van der Waals surface area contributed by atoms with Crippen LogP contribution in [-0.2, 0) is 12.8 Å². The average molecular weight is 336 g/mol. The van der Waals surface area contributed by atoms with Crippen molar-refractivity contribution in [3.8, 4) is 0 Å². The molecule has 2 unspecified atom stereocenters. The molecule has 5 heteroatoms. The normalized spacial score (nSPS) is 21.8. The first kappa shape index (κ1) is 15.8. The second-order valence-electron chi connectivity index (χ2n) is 7.20. The number of H-pyrrole nitrogens is 1. The molecule has 1 aromatic carbocycles. The van der Waals surface area contributed by atoms with Gasteiger partial charge in [-0.2, -0.15) is 0 Å². The number of carbonyl (C=O) groups is 2. The minimum Gasteiger partial charge on any atom is -0.325 e. The van der Waals surface area contributed by atoms with Gasteiger partial charge in [-0.05, 0) is 43.4 Å². The molecule has 2 aliphatic rings. The van der Waals surface area contributed by atoms with Crippen LogP contribution < -0.4 is 10.5 Å². The fourth-order valence-corrected chi connectivity index (χ4v) is 3.99. The lowest BCUT2D eigenvalue weighted by Gasteiger charge is -2.24. The molecule has 0 radical (unpaired) electrons. The molecule has 0 saturated carbocycles. The van der Waals surface area contributed by atoms with Gasteiger partial charge in [0.05, 0.1) is 0 Å². The molecule has 128 valence electrons. The van der Waals surface area contributed by atoms with E-state index in [1.54, 1.807) is 4.90 Å². The first-order valence-corrected chi connectivity index (χ1v) is 8.66. The second-order valence-corrected chi connectivity index (χ2v) is 7.20. The van der Waals surface area contributed by atoms with Crippen molar-refractivity contribution in [2.45, 2.75) is 39.2 Å². The van der Waals surface area contributed by atoms with E-state index in [0.717, 1.165) is 17.7 Å². The molecule has 1 amide bonds. The third kappa shape index (κ3) is 2.51. The Labute approximate surface area is 145 Å². The molecule has 25 heavy (non-hydrogen) atoms. The SMILES string of the molecule is CC1CC(=O)c2cc(C(=O)N3c4ccccc4CC3C)c(=O)[nH]c2C1. The highest BCUT2D eigenvalue weighted by Gasteiger charge is 2.33. The van der Waals surface area contributed by atoms with Gasteiger partial charge in [0.1, 0.15) is 5.56 Å². The Balaban J connectivity index is 1.78. The minimum absolute atomic E-state index is 0.00563. The maximum absolute atomic E-state index is 13.1. The van der Waals surface area contributed by atoms with E-state index >= 15 is 0 Å². The third-order valence-corrected chi connectivity index (χ3v) is 5.17. The number of pyridine rings is 1. The minimum atomic E-state index is -0.415. The van der Waals surface area contributed by atoms with Gasteiger partial charge in [0, 0.05) is 29.4 Å². The number of carbonyl (C=O) groups excluding carboxylic acids is 2. The number of hydrogen-bond donors (Lipinski definition) is 1. The van der Waals surface area contributed by atoms with E-state index in [2.05, 4.69) is 4.98 Å². The molecule has 0 spiro atoms. The number of aromatic nitrogens is 1. The molecule has 0 fully saturated rings. The smallest absolute Gasteiger partial charge is 0.264 e. The number of anilines is 1. The number of aromatic amines is 1. The number of fused-ring (bicyclic) bond motifs is 2. The summed E-state index contributed by atoms with van der Waals surface area (Å²) in [5, 5.41) is 0. The van der Waals surface area contributed by atoms with Crippen molar-refractivity contribution >= 4 is 17.4 Å². The van der Waals surface area contributed by atoms with Gasteiger partial charge in [-0.1, -0.05) is 25.1 Å². The van der Waals surface area contributed by atoms with Gasteiger partial charge in [-0.25, -0.2) is 0 Å². The zero-order valence-electron chi connectivity index (χ0n) is 14.3. The van der Waals surface area contributed by atoms with Crippen LogP contribution >= 0.6 is 0 Å². The highest BCUT2D eigenvalue weighted by atomic mass is 16.2. The third-order valence-electron chi connectivity index (χ3n) is 5.17. The summed E-state index contributed by atoms with van der Waals surface area (Å²) < 4.78 is 0. The van der Waals surface area contributed by atoms with Crippen LogP contribution in [0.3, 0.4) is 0 Å². The van der Waals surface area contributed by atoms with Crippen molar-refractivity contribution in [3.05, 3.63) is 63.1 Å². The quantitative estimate of drug-likeness (QED) is 0.870. The number of rotatable bonds is 1. The summed E-state index contributed by atoms with van der Waals surface area (Å²) in [6.07, 6.45) is 1.88. The summed E-state index contributed by atoms with van der Waals surface area (Å²) in [6.45, 7) is 3.96. The van der Waals surface area contributed by atoms with Crippen molar-refractivity contribution in [2.75, 3.05) is 4.90 Å². The monoisotopic (exact) mass is 336 g/mol. The standard InChI is InChI=1S/C20H20N2O3/c1-11-7-16-14(18(23)8-11)10-15(19(24)21-16)20(25)22-12(2)9-13-5-3-4-6-17(13)22/h3-6,10-12H,7-9H2,1-2H3,(H,21,24). The van der Waals surface area contributed by atoms with E-state index in [9.17, 15) is 14.4 Å². The summed E-state index contributed by atoms with van der Waals surface area (Å²) in [7, 11) is 0. The van der Waals surface area contributed by atoms with Gasteiger partial charge in [-0.15, -0.1) is 0 Å². The Bertz CT molecular complexity index is 944. The summed E-state index contributed by atoms with van der Waals surface area (Å²) in [5.41, 5.74) is 2.72. The predicted molar refractivity (Wildman–Crippen MR) is 95.3 cm³/mol. The van der Waals surface area contributed by atoms with Crippen molar-refractivity contribution in [2.24, 2.45) is 5.92 Å². The zero-order chi connectivity index (χ0) is 17.7. The maximum Gasteiger partial charge on any atom is 0.264 e. The molecule has 0 saturated heterocycles. The fraction of sp³-hybridized carbons (Fsp3) is 0.350. The van der Waals surface area contributed by atoms with Crippen molar-refractivity contribution < 1.29 is 9.59 Å². The van der Waals surface area contributed by atoms with Gasteiger partial charge in [0.2, 0.25) is 0 Å². The number of Topliss-reactive ketones (excluding diaryl/α,β-unsaturated/α-hetero) is 1. The molecular weight excluding hydrogens is 316 g/mol. The van der Waals surface area contributed by atoms with Crippen LogP contribution in [0, 0.1) is 5.92 Å². The number of para-hydroxylation sites is 1. The lowest BCUT2D eigenvalue weighted by atomic mass is 9.86. The Hall–Kier alpha value is -2.69. The lowest BCUT2D eigenvalue weighted by molar-refractivity contribution is 0.0952. The van der Waals surface area contributed by atoms with Crippen LogP contribution in [-0.4, -0.2) is 22.7 Å². The summed E-state index contributed by atoms with van der Waals surface area (Å²) in [4.78, 5) is 42.4. The van der Waals surface area contributed by atoms with Crippen LogP contribution in [0.5, 0.6) is 0 Å². The van der Waals surface area contributed by atoms with Gasteiger partial charge < -0.3 is 9.88 Å². The van der Waals surface area contributed by atoms with E-state index in [1.165, 1.54) is 6.07 Å². The molecule has 4 rings (SSSR count). The number of benzene rings is 1. The Morgan fingerprint density at radius 2 is 1.88 bits per heavy atom. The first-order chi connectivity index (χ1) is 12.0. The van der Waals surface area contributed by atoms with Crippen molar-refractivity contribution in [1.29, 1.82) is 0 Å². The van der Waals surface area contributed by atoms with Crippen LogP contribution in [0.25, 0.3) is 0 Å². The van der Waals surface area contributed by atoms with E-state index in [0.29, 0.717) is 24.1 Å². The molecule has 2 heterocycles. The maximum atomic E-state index is 13.1. The molecule has 2 aromatic rings. The first-order valence-electron chi connectivity index (χ1n) is 8.66. The molecule has 2 atom stereocenters. The highest BCUT2D eigenvalue weighted by Crippen LogP contribution is 2.33. The molecule has 1 aromatic heterocycles. The molecule has 1 aliphatic carbocycles. The van der Waals surface area contributed by atoms with E-state index < -0.39 is 5.56 Å². The summed E-state index contributed by atoms with van der Waals surface area (Å²) in [5.74, 6) is -0.135. The fourth-order valence-electron chi connectivity index (χ4n) is 3.99. The molecule has 1 aliphatic heterocycles. The lowest BCUT2D eigenvalue weighted by Crippen LogP contribution is -2.39. The largest absolute Gasteiger partial charge is 0.325 e. The van der Waals surface area contributed by atoms with E-state index in [4.69, 9.17) is 0 Å². The Morgan fingerprint density at radius 3 is 2.68 bits per heavy atom. The number of nitrogens with zero attached hydrogens (tertiary/aromatic N) is 1. The predicted octanol–water partition coefficient (Wildman–Crippen LogP) is 2.73. The zero-order valence-corrected chi connectivity index (χ0v) is 14.3. The molecule has 1 N–H and O–H groups in total. The topological polar surface area (TPSA) is 70.2 Å². The highest BCUT2D eigenvalue weighted by molar-refractivity contribution is 6.09. The number of ketones is 1. The second kappa shape index (κ2) is 5.69. The van der Waals surface area contributed by atoms with Gasteiger partial charge in [-0.3, -0.25) is 14.4 Å². The van der Waals surface area contributed by atoms with Crippen molar-refractivity contribution in [3.63, 3.8) is 0 Å². The van der Waals surface area contributed by atoms with Crippen LogP contribution in [0.1, 0.15) is 52.2 Å². The number of hydrogen-bond acceptors (Lipinski definition) is 3. The molecular formula is C20H20N2O3. The number of amides is 1. The Kier molecular flexibility index (Phi) is 3.60. The Morgan fingerprint density at radius 1 is 1.12 bits per heavy atom. The van der Waals surface area contributed by atoms with Gasteiger partial charge in [0.15, 0.2) is 5.78 Å². The van der Waals surface area contributed by atoms with Gasteiger partial charge >= 0.3 is 0 Å². The van der Waals surface area contributed by atoms with Crippen molar-refractivity contribution in [1.82, 2.24) is 4.98 Å². The van der Waals surface area contributed by atoms with Crippen LogP contribution in [0.2, 0.25) is 0 Å². The molecule has 0 bridgehead atoms.